The van der Waals surface area contributed by atoms with Crippen LogP contribution in [-0.2, 0) is 0 Å². The van der Waals surface area contributed by atoms with Crippen LogP contribution in [0.3, 0.4) is 0 Å². The van der Waals surface area contributed by atoms with Crippen LogP contribution < -0.4 is 0 Å². The van der Waals surface area contributed by atoms with Crippen LogP contribution in [0.5, 0.6) is 0 Å². The van der Waals surface area contributed by atoms with E-state index in [0.29, 0.717) is 10.5 Å². The summed E-state index contributed by atoms with van der Waals surface area (Å²) in [5, 5.41) is 15.1. The molecule has 0 amide bonds. The second kappa shape index (κ2) is 3.88. The molecule has 9 heavy (non-hydrogen) atoms. The maximum absolute atomic E-state index is 8.40. The molecule has 0 bridgehead atoms. The Morgan fingerprint density at radius 3 is 2.22 bits per heavy atom. The van der Waals surface area contributed by atoms with Gasteiger partial charge in [0.1, 0.15) is 0 Å². The standard InChI is InChI=1S/C3H5N3O.C2H6/c1-3-2-6(7)5-4-3;1-2/h2,7H,1H3;1-2H3. The van der Waals surface area contributed by atoms with Crippen molar-refractivity contribution in [1.82, 2.24) is 15.2 Å². The first-order valence-electron chi connectivity index (χ1n) is 2.87. The number of aryl methyl sites for hydroxylation is 1. The smallest absolute Gasteiger partial charge is 0.0897 e. The second-order valence-corrected chi connectivity index (χ2v) is 1.28. The molecular formula is C5H11N3O. The zero-order valence-electron chi connectivity index (χ0n) is 5.87. The lowest BCUT2D eigenvalue weighted by molar-refractivity contribution is 0.143. The quantitative estimate of drug-likeness (QED) is 0.528. The third-order valence-electron chi connectivity index (χ3n) is 0.596. The summed E-state index contributed by atoms with van der Waals surface area (Å²) >= 11 is 0. The molecule has 0 aliphatic heterocycles. The van der Waals surface area contributed by atoms with E-state index in [1.165, 1.54) is 6.20 Å². The van der Waals surface area contributed by atoms with Gasteiger partial charge in [-0.1, -0.05) is 18.7 Å². The fraction of sp³-hybridized carbons (Fsp3) is 0.600. The predicted molar refractivity (Wildman–Crippen MR) is 33.3 cm³/mol. The fourth-order valence-electron chi connectivity index (χ4n) is 0.335. The minimum absolute atomic E-state index is 0.676. The van der Waals surface area contributed by atoms with E-state index in [2.05, 4.69) is 10.3 Å². The normalized spacial score (nSPS) is 7.89. The first-order valence-corrected chi connectivity index (χ1v) is 2.87. The summed E-state index contributed by atoms with van der Waals surface area (Å²) in [6.45, 7) is 5.75. The lowest BCUT2D eigenvalue weighted by Gasteiger charge is -1.74. The van der Waals surface area contributed by atoms with Crippen LogP contribution in [-0.4, -0.2) is 20.4 Å². The molecule has 1 aromatic rings. The molecular weight excluding hydrogens is 118 g/mol. The summed E-state index contributed by atoms with van der Waals surface area (Å²) in [5.74, 6) is 0. The fourth-order valence-corrected chi connectivity index (χ4v) is 0.335. The number of hydrogen-bond acceptors (Lipinski definition) is 3. The van der Waals surface area contributed by atoms with Crippen molar-refractivity contribution in [1.29, 1.82) is 0 Å². The second-order valence-electron chi connectivity index (χ2n) is 1.28. The van der Waals surface area contributed by atoms with Crippen molar-refractivity contribution in [3.63, 3.8) is 0 Å². The van der Waals surface area contributed by atoms with Gasteiger partial charge in [0.25, 0.3) is 0 Å². The third-order valence-corrected chi connectivity index (χ3v) is 0.596. The van der Waals surface area contributed by atoms with E-state index in [4.69, 9.17) is 5.21 Å². The topological polar surface area (TPSA) is 50.9 Å². The van der Waals surface area contributed by atoms with Crippen molar-refractivity contribution in [2.75, 3.05) is 0 Å². The number of nitrogens with zero attached hydrogens (tertiary/aromatic N) is 3. The summed E-state index contributed by atoms with van der Waals surface area (Å²) in [4.78, 5) is 0.676. The van der Waals surface area contributed by atoms with E-state index < -0.39 is 0 Å². The lowest BCUT2D eigenvalue weighted by Crippen LogP contribution is -1.88. The monoisotopic (exact) mass is 129 g/mol. The first kappa shape index (κ1) is 7.94. The molecule has 0 unspecified atom stereocenters. The Labute approximate surface area is 54.1 Å². The zero-order chi connectivity index (χ0) is 7.28. The summed E-state index contributed by atoms with van der Waals surface area (Å²) in [5.41, 5.74) is 0.711. The van der Waals surface area contributed by atoms with Crippen LogP contribution in [0.1, 0.15) is 19.5 Å². The Morgan fingerprint density at radius 1 is 1.56 bits per heavy atom. The van der Waals surface area contributed by atoms with Gasteiger partial charge in [-0.25, -0.2) is 0 Å². The van der Waals surface area contributed by atoms with E-state index in [1.807, 2.05) is 13.8 Å². The van der Waals surface area contributed by atoms with E-state index in [1.54, 1.807) is 6.92 Å². The van der Waals surface area contributed by atoms with Crippen LogP contribution in [0, 0.1) is 6.92 Å². The van der Waals surface area contributed by atoms with Gasteiger partial charge in [0.05, 0.1) is 11.9 Å². The van der Waals surface area contributed by atoms with Gasteiger partial charge in [0.15, 0.2) is 0 Å². The molecule has 1 aromatic heterocycles. The molecule has 0 fully saturated rings. The van der Waals surface area contributed by atoms with Gasteiger partial charge in [-0.3, -0.25) is 0 Å². The van der Waals surface area contributed by atoms with Crippen molar-refractivity contribution in [2.45, 2.75) is 20.8 Å². The number of hydrogen-bond donors (Lipinski definition) is 1. The molecule has 0 radical (unpaired) electrons. The Hall–Kier alpha value is -1.06. The van der Waals surface area contributed by atoms with Crippen LogP contribution in [0.25, 0.3) is 0 Å². The molecule has 0 spiro atoms. The van der Waals surface area contributed by atoms with Crippen molar-refractivity contribution in [2.24, 2.45) is 0 Å². The number of aromatic nitrogens is 3. The minimum atomic E-state index is 0.676. The Morgan fingerprint density at radius 2 is 2.11 bits per heavy atom. The molecule has 0 aliphatic carbocycles. The van der Waals surface area contributed by atoms with Gasteiger partial charge in [0.2, 0.25) is 0 Å². The average molecular weight is 129 g/mol. The average Bonchev–Trinajstić information content (AvgIpc) is 2.20. The van der Waals surface area contributed by atoms with E-state index in [-0.39, 0.29) is 0 Å². The highest BCUT2D eigenvalue weighted by atomic mass is 16.5. The van der Waals surface area contributed by atoms with Crippen molar-refractivity contribution in [3.05, 3.63) is 11.9 Å². The Kier molecular flexibility index (Phi) is 3.43. The highest BCUT2D eigenvalue weighted by Gasteiger charge is 1.86. The molecule has 1 heterocycles. The largest absolute Gasteiger partial charge is 0.411 e. The van der Waals surface area contributed by atoms with Crippen molar-refractivity contribution in [3.8, 4) is 0 Å². The maximum atomic E-state index is 8.40. The highest BCUT2D eigenvalue weighted by molar-refractivity contribution is 4.84. The molecule has 0 atom stereocenters. The maximum Gasteiger partial charge on any atom is 0.0897 e. The highest BCUT2D eigenvalue weighted by Crippen LogP contribution is 1.82. The van der Waals surface area contributed by atoms with E-state index in [0.717, 1.165) is 0 Å². The molecule has 0 aromatic carbocycles. The van der Waals surface area contributed by atoms with Gasteiger partial charge in [0, 0.05) is 0 Å². The zero-order valence-corrected chi connectivity index (χ0v) is 5.87. The molecule has 4 heteroatoms. The van der Waals surface area contributed by atoms with Gasteiger partial charge >= 0.3 is 0 Å². The molecule has 52 valence electrons. The molecule has 0 aliphatic rings. The van der Waals surface area contributed by atoms with Crippen molar-refractivity contribution >= 4 is 0 Å². The summed E-state index contributed by atoms with van der Waals surface area (Å²) in [6.07, 6.45) is 1.42. The SMILES string of the molecule is CC.Cc1cn(O)nn1. The van der Waals surface area contributed by atoms with Crippen LogP contribution in [0.2, 0.25) is 0 Å². The molecule has 0 saturated carbocycles. The summed E-state index contributed by atoms with van der Waals surface area (Å²) < 4.78 is 0. The molecule has 1 rings (SSSR count). The molecule has 4 nitrogen and oxygen atoms in total. The van der Waals surface area contributed by atoms with Gasteiger partial charge < -0.3 is 5.21 Å². The number of rotatable bonds is 0. The summed E-state index contributed by atoms with van der Waals surface area (Å²) in [6, 6.07) is 0. The lowest BCUT2D eigenvalue weighted by atomic mass is 10.6. The van der Waals surface area contributed by atoms with Crippen LogP contribution in [0.4, 0.5) is 0 Å². The van der Waals surface area contributed by atoms with Crippen molar-refractivity contribution < 1.29 is 5.21 Å². The van der Waals surface area contributed by atoms with E-state index >= 15 is 0 Å². The summed E-state index contributed by atoms with van der Waals surface area (Å²) in [7, 11) is 0. The molecule has 1 N–H and O–H groups in total. The minimum Gasteiger partial charge on any atom is -0.411 e. The first-order chi connectivity index (χ1) is 4.29. The van der Waals surface area contributed by atoms with Crippen LogP contribution in [0.15, 0.2) is 6.20 Å². The third kappa shape index (κ3) is 2.69. The Bertz CT molecular complexity index is 144. The van der Waals surface area contributed by atoms with Gasteiger partial charge in [-0.2, -0.15) is 0 Å². The van der Waals surface area contributed by atoms with Gasteiger partial charge in [-0.15, -0.1) is 5.10 Å². The molecule has 0 saturated heterocycles. The Balaban J connectivity index is 0.000000291. The van der Waals surface area contributed by atoms with Crippen LogP contribution >= 0.6 is 0 Å². The van der Waals surface area contributed by atoms with E-state index in [9.17, 15) is 0 Å². The predicted octanol–water partition coefficient (Wildman–Crippen LogP) is 0.850. The van der Waals surface area contributed by atoms with Gasteiger partial charge in [-0.05, 0) is 12.1 Å².